The maximum atomic E-state index is 11.7. The van der Waals surface area contributed by atoms with Crippen LogP contribution in [0.5, 0.6) is 0 Å². The standard InChI is InChI=1S/C14H24N4O2S/c1-5-6-15-13-11(3)14(17-12(4)16-13)18-7-8-21(19,20)9-10(18)2/h10H,5-9H2,1-4H3,(H,15,16,17). The highest BCUT2D eigenvalue weighted by Crippen LogP contribution is 2.27. The van der Waals surface area contributed by atoms with Crippen molar-refractivity contribution >= 4 is 21.5 Å². The average Bonchev–Trinajstić information content (AvgIpc) is 2.39. The van der Waals surface area contributed by atoms with Gasteiger partial charge in [0.1, 0.15) is 17.5 Å². The Balaban J connectivity index is 2.33. The smallest absolute Gasteiger partial charge is 0.154 e. The van der Waals surface area contributed by atoms with Gasteiger partial charge in [-0.1, -0.05) is 6.92 Å². The molecule has 0 radical (unpaired) electrons. The van der Waals surface area contributed by atoms with Gasteiger partial charge in [0.05, 0.1) is 11.5 Å². The minimum Gasteiger partial charge on any atom is -0.370 e. The van der Waals surface area contributed by atoms with Crippen LogP contribution in [0.25, 0.3) is 0 Å². The lowest BCUT2D eigenvalue weighted by molar-refractivity contribution is 0.566. The molecule has 2 heterocycles. The molecule has 0 spiro atoms. The fourth-order valence-corrected chi connectivity index (χ4v) is 4.18. The van der Waals surface area contributed by atoms with Gasteiger partial charge in [-0.2, -0.15) is 0 Å². The van der Waals surface area contributed by atoms with Crippen molar-refractivity contribution in [2.75, 3.05) is 34.8 Å². The topological polar surface area (TPSA) is 75.2 Å². The lowest BCUT2D eigenvalue weighted by Gasteiger charge is -2.35. The zero-order chi connectivity index (χ0) is 15.6. The summed E-state index contributed by atoms with van der Waals surface area (Å²) in [5.74, 6) is 2.78. The van der Waals surface area contributed by atoms with Crippen LogP contribution in [-0.2, 0) is 9.84 Å². The van der Waals surface area contributed by atoms with Crippen molar-refractivity contribution in [3.05, 3.63) is 11.4 Å². The Labute approximate surface area is 126 Å². The van der Waals surface area contributed by atoms with E-state index < -0.39 is 9.84 Å². The van der Waals surface area contributed by atoms with Crippen LogP contribution in [0.1, 0.15) is 31.7 Å². The Morgan fingerprint density at radius 1 is 1.33 bits per heavy atom. The van der Waals surface area contributed by atoms with E-state index in [2.05, 4.69) is 27.1 Å². The molecule has 1 aromatic rings. The van der Waals surface area contributed by atoms with E-state index in [0.29, 0.717) is 12.4 Å². The molecule has 1 aliphatic heterocycles. The third-order valence-electron chi connectivity index (χ3n) is 3.72. The van der Waals surface area contributed by atoms with Crippen LogP contribution in [-0.4, -0.2) is 49.0 Å². The van der Waals surface area contributed by atoms with Crippen LogP contribution < -0.4 is 10.2 Å². The molecule has 1 atom stereocenters. The first-order chi connectivity index (χ1) is 9.84. The van der Waals surface area contributed by atoms with Crippen molar-refractivity contribution in [1.82, 2.24) is 9.97 Å². The second kappa shape index (κ2) is 6.17. The SMILES string of the molecule is CCCNc1nc(C)nc(N2CCS(=O)(=O)CC2C)c1C. The molecule has 0 aromatic carbocycles. The van der Waals surface area contributed by atoms with E-state index in [4.69, 9.17) is 0 Å². The first-order valence-electron chi connectivity index (χ1n) is 7.40. The summed E-state index contributed by atoms with van der Waals surface area (Å²) in [7, 11) is -2.92. The van der Waals surface area contributed by atoms with Crippen LogP contribution in [0.3, 0.4) is 0 Å². The zero-order valence-electron chi connectivity index (χ0n) is 13.2. The second-order valence-corrected chi connectivity index (χ2v) is 7.88. The van der Waals surface area contributed by atoms with Crippen molar-refractivity contribution in [3.63, 3.8) is 0 Å². The van der Waals surface area contributed by atoms with E-state index in [-0.39, 0.29) is 17.5 Å². The third-order valence-corrected chi connectivity index (χ3v) is 5.51. The summed E-state index contributed by atoms with van der Waals surface area (Å²) < 4.78 is 23.5. The third kappa shape index (κ3) is 3.64. The second-order valence-electron chi connectivity index (χ2n) is 5.65. The first-order valence-corrected chi connectivity index (χ1v) is 9.22. The number of aryl methyl sites for hydroxylation is 1. The Bertz CT molecular complexity index is 616. The molecule has 21 heavy (non-hydrogen) atoms. The summed E-state index contributed by atoms with van der Waals surface area (Å²) in [5, 5.41) is 3.32. The van der Waals surface area contributed by atoms with Crippen LogP contribution in [0.4, 0.5) is 11.6 Å². The van der Waals surface area contributed by atoms with Crippen LogP contribution in [0, 0.1) is 13.8 Å². The Morgan fingerprint density at radius 3 is 2.67 bits per heavy atom. The lowest BCUT2D eigenvalue weighted by atomic mass is 10.2. The molecular weight excluding hydrogens is 288 g/mol. The molecule has 0 amide bonds. The average molecular weight is 312 g/mol. The van der Waals surface area contributed by atoms with Crippen LogP contribution >= 0.6 is 0 Å². The summed E-state index contributed by atoms with van der Waals surface area (Å²) in [5.41, 5.74) is 0.986. The van der Waals surface area contributed by atoms with Crippen LogP contribution in [0.2, 0.25) is 0 Å². The van der Waals surface area contributed by atoms with Crippen molar-refractivity contribution in [3.8, 4) is 0 Å². The van der Waals surface area contributed by atoms with E-state index in [9.17, 15) is 8.42 Å². The molecule has 118 valence electrons. The highest BCUT2D eigenvalue weighted by Gasteiger charge is 2.30. The Hall–Kier alpha value is -1.37. The molecular formula is C14H24N4O2S. The number of hydrogen-bond donors (Lipinski definition) is 1. The van der Waals surface area contributed by atoms with Gasteiger partial charge >= 0.3 is 0 Å². The maximum absolute atomic E-state index is 11.7. The van der Waals surface area contributed by atoms with E-state index >= 15 is 0 Å². The molecule has 2 rings (SSSR count). The summed E-state index contributed by atoms with van der Waals surface area (Å²) in [4.78, 5) is 11.1. The van der Waals surface area contributed by atoms with Crippen molar-refractivity contribution in [1.29, 1.82) is 0 Å². The van der Waals surface area contributed by atoms with Gasteiger partial charge in [-0.05, 0) is 27.2 Å². The molecule has 1 saturated heterocycles. The molecule has 1 fully saturated rings. The highest BCUT2D eigenvalue weighted by atomic mass is 32.2. The largest absolute Gasteiger partial charge is 0.370 e. The number of nitrogens with zero attached hydrogens (tertiary/aromatic N) is 3. The van der Waals surface area contributed by atoms with Crippen LogP contribution in [0.15, 0.2) is 0 Å². The summed E-state index contributed by atoms with van der Waals surface area (Å²) in [6, 6.07) is -0.0595. The van der Waals surface area contributed by atoms with Gasteiger partial charge in [0.25, 0.3) is 0 Å². The van der Waals surface area contributed by atoms with Gasteiger partial charge in [-0.25, -0.2) is 18.4 Å². The predicted molar refractivity (Wildman–Crippen MR) is 85.7 cm³/mol. The summed E-state index contributed by atoms with van der Waals surface area (Å²) in [6.45, 7) is 9.25. The molecule has 1 unspecified atom stereocenters. The summed E-state index contributed by atoms with van der Waals surface area (Å²) >= 11 is 0. The van der Waals surface area contributed by atoms with Gasteiger partial charge in [0.2, 0.25) is 0 Å². The molecule has 1 aromatic heterocycles. The fourth-order valence-electron chi connectivity index (χ4n) is 2.62. The van der Waals surface area contributed by atoms with Gasteiger partial charge in [0, 0.05) is 24.7 Å². The monoisotopic (exact) mass is 312 g/mol. The number of nitrogens with one attached hydrogen (secondary N) is 1. The molecule has 7 heteroatoms. The summed E-state index contributed by atoms with van der Waals surface area (Å²) in [6.07, 6.45) is 1.02. The Morgan fingerprint density at radius 2 is 2.05 bits per heavy atom. The van der Waals surface area contributed by atoms with Gasteiger partial charge in [-0.15, -0.1) is 0 Å². The van der Waals surface area contributed by atoms with Gasteiger partial charge in [0.15, 0.2) is 9.84 Å². The minimum absolute atomic E-state index is 0.0595. The first kappa shape index (κ1) is 16.0. The number of aromatic nitrogens is 2. The normalized spacial score (nSPS) is 21.3. The van der Waals surface area contributed by atoms with Crippen molar-refractivity contribution in [2.24, 2.45) is 0 Å². The molecule has 0 aliphatic carbocycles. The predicted octanol–water partition coefficient (Wildman–Crippen LogP) is 1.54. The highest BCUT2D eigenvalue weighted by molar-refractivity contribution is 7.91. The Kier molecular flexibility index (Phi) is 4.70. The lowest BCUT2D eigenvalue weighted by Crippen LogP contribution is -2.47. The van der Waals surface area contributed by atoms with Crippen molar-refractivity contribution in [2.45, 2.75) is 40.2 Å². The number of anilines is 2. The molecule has 0 bridgehead atoms. The molecule has 1 aliphatic rings. The van der Waals surface area contributed by atoms with E-state index in [1.54, 1.807) is 0 Å². The van der Waals surface area contributed by atoms with E-state index in [1.165, 1.54) is 0 Å². The number of sulfone groups is 1. The minimum atomic E-state index is -2.92. The fraction of sp³-hybridized carbons (Fsp3) is 0.714. The quantitative estimate of drug-likeness (QED) is 0.909. The van der Waals surface area contributed by atoms with E-state index in [1.807, 2.05) is 20.8 Å². The molecule has 0 saturated carbocycles. The van der Waals surface area contributed by atoms with Crippen molar-refractivity contribution < 1.29 is 8.42 Å². The van der Waals surface area contributed by atoms with Gasteiger partial charge in [-0.3, -0.25) is 0 Å². The molecule has 1 N–H and O–H groups in total. The number of rotatable bonds is 4. The number of hydrogen-bond acceptors (Lipinski definition) is 6. The maximum Gasteiger partial charge on any atom is 0.154 e. The van der Waals surface area contributed by atoms with E-state index in [0.717, 1.165) is 30.2 Å². The van der Waals surface area contributed by atoms with Gasteiger partial charge < -0.3 is 10.2 Å². The molecule has 6 nitrogen and oxygen atoms in total. The zero-order valence-corrected chi connectivity index (χ0v) is 14.0.